The van der Waals surface area contributed by atoms with Gasteiger partial charge in [-0.25, -0.2) is 4.39 Å². The van der Waals surface area contributed by atoms with Gasteiger partial charge in [0.15, 0.2) is 0 Å². The van der Waals surface area contributed by atoms with E-state index in [0.29, 0.717) is 23.2 Å². The quantitative estimate of drug-likeness (QED) is 0.486. The zero-order valence-electron chi connectivity index (χ0n) is 16.8. The lowest BCUT2D eigenvalue weighted by Crippen LogP contribution is -2.29. The van der Waals surface area contributed by atoms with E-state index in [4.69, 9.17) is 0 Å². The fourth-order valence-electron chi connectivity index (χ4n) is 4.73. The number of fused-ring (bicyclic) bond motifs is 1. The number of halogens is 1. The van der Waals surface area contributed by atoms with Crippen LogP contribution in [-0.4, -0.2) is 26.7 Å². The Kier molecular flexibility index (Phi) is 5.01. The molecule has 1 aliphatic rings. The molecule has 0 spiro atoms. The maximum absolute atomic E-state index is 14.2. The highest BCUT2D eigenvalue weighted by Crippen LogP contribution is 2.36. The van der Waals surface area contributed by atoms with Gasteiger partial charge in [-0.3, -0.25) is 0 Å². The fourth-order valence-corrected chi connectivity index (χ4v) is 4.73. The standard InChI is InChI=1S/C24H24FN5/c1-15(20-12-13-23(25)22-5-3-2-4-21(20)22)26-19-11-10-18(14-19)16-6-8-17(9-7-16)24-27-29-30-28-24/h2-9,12-13,15,18-19,26H,10-11,14H2,1H3,(H,27,28,29,30). The second-order valence-electron chi connectivity index (χ2n) is 8.13. The lowest BCUT2D eigenvalue weighted by molar-refractivity contribution is 0.458. The molecule has 0 aliphatic heterocycles. The van der Waals surface area contributed by atoms with Gasteiger partial charge in [0.1, 0.15) is 5.82 Å². The van der Waals surface area contributed by atoms with Crippen molar-refractivity contribution in [3.8, 4) is 11.4 Å². The van der Waals surface area contributed by atoms with Crippen LogP contribution in [0.5, 0.6) is 0 Å². The molecule has 0 bridgehead atoms. The van der Waals surface area contributed by atoms with Crippen molar-refractivity contribution in [3.63, 3.8) is 0 Å². The molecule has 0 amide bonds. The number of nitrogens with one attached hydrogen (secondary N) is 2. The molecule has 30 heavy (non-hydrogen) atoms. The van der Waals surface area contributed by atoms with E-state index in [1.54, 1.807) is 6.07 Å². The Balaban J connectivity index is 1.27. The van der Waals surface area contributed by atoms with Crippen LogP contribution in [-0.2, 0) is 0 Å². The molecule has 5 rings (SSSR count). The smallest absolute Gasteiger partial charge is 0.204 e. The van der Waals surface area contributed by atoms with E-state index in [2.05, 4.69) is 57.1 Å². The van der Waals surface area contributed by atoms with Crippen LogP contribution >= 0.6 is 0 Å². The summed E-state index contributed by atoms with van der Waals surface area (Å²) < 4.78 is 14.2. The number of hydrogen-bond acceptors (Lipinski definition) is 4. The summed E-state index contributed by atoms with van der Waals surface area (Å²) >= 11 is 0. The van der Waals surface area contributed by atoms with Gasteiger partial charge in [-0.05, 0) is 59.9 Å². The van der Waals surface area contributed by atoms with Gasteiger partial charge in [0, 0.05) is 23.0 Å². The van der Waals surface area contributed by atoms with Crippen molar-refractivity contribution >= 4 is 10.8 Å². The molecule has 4 aromatic rings. The van der Waals surface area contributed by atoms with Gasteiger partial charge in [0.25, 0.3) is 0 Å². The predicted molar refractivity (Wildman–Crippen MR) is 115 cm³/mol. The molecule has 1 heterocycles. The predicted octanol–water partition coefficient (Wildman–Crippen LogP) is 5.15. The van der Waals surface area contributed by atoms with Crippen molar-refractivity contribution in [3.05, 3.63) is 77.6 Å². The van der Waals surface area contributed by atoms with Gasteiger partial charge in [-0.1, -0.05) is 54.6 Å². The van der Waals surface area contributed by atoms with Crippen molar-refractivity contribution in [1.82, 2.24) is 25.9 Å². The van der Waals surface area contributed by atoms with E-state index >= 15 is 0 Å². The third kappa shape index (κ3) is 3.59. The molecule has 152 valence electrons. The molecule has 3 unspecified atom stereocenters. The average molecular weight is 401 g/mol. The molecule has 6 heteroatoms. The summed E-state index contributed by atoms with van der Waals surface area (Å²) in [6.07, 6.45) is 3.40. The maximum atomic E-state index is 14.2. The van der Waals surface area contributed by atoms with Crippen LogP contribution in [0.1, 0.15) is 49.3 Å². The van der Waals surface area contributed by atoms with Crippen molar-refractivity contribution in [2.45, 2.75) is 44.2 Å². The van der Waals surface area contributed by atoms with Crippen molar-refractivity contribution in [2.75, 3.05) is 0 Å². The van der Waals surface area contributed by atoms with Gasteiger partial charge in [0.05, 0.1) is 0 Å². The lowest BCUT2D eigenvalue weighted by Gasteiger charge is -2.22. The van der Waals surface area contributed by atoms with Crippen LogP contribution < -0.4 is 5.32 Å². The van der Waals surface area contributed by atoms with Gasteiger partial charge < -0.3 is 5.32 Å². The monoisotopic (exact) mass is 401 g/mol. The van der Waals surface area contributed by atoms with Gasteiger partial charge in [-0.15, -0.1) is 10.2 Å². The van der Waals surface area contributed by atoms with Crippen LogP contribution in [0.4, 0.5) is 4.39 Å². The van der Waals surface area contributed by atoms with Crippen LogP contribution in [0.25, 0.3) is 22.2 Å². The highest BCUT2D eigenvalue weighted by Gasteiger charge is 2.27. The van der Waals surface area contributed by atoms with E-state index in [-0.39, 0.29) is 11.9 Å². The van der Waals surface area contributed by atoms with Crippen LogP contribution in [0.3, 0.4) is 0 Å². The van der Waals surface area contributed by atoms with Gasteiger partial charge in [-0.2, -0.15) is 5.21 Å². The highest BCUT2D eigenvalue weighted by molar-refractivity contribution is 5.86. The number of aromatic amines is 1. The molecular formula is C24H24FN5. The number of aromatic nitrogens is 4. The molecule has 1 saturated carbocycles. The second kappa shape index (κ2) is 7.95. The molecule has 1 aliphatic carbocycles. The first kappa shape index (κ1) is 18.9. The molecular weight excluding hydrogens is 377 g/mol. The fraction of sp³-hybridized carbons (Fsp3) is 0.292. The molecule has 1 aromatic heterocycles. The third-order valence-corrected chi connectivity index (χ3v) is 6.28. The van der Waals surface area contributed by atoms with Crippen molar-refractivity contribution < 1.29 is 4.39 Å². The van der Waals surface area contributed by atoms with Crippen LogP contribution in [0.2, 0.25) is 0 Å². The lowest BCUT2D eigenvalue weighted by atomic mass is 9.96. The Morgan fingerprint density at radius 2 is 1.80 bits per heavy atom. The van der Waals surface area contributed by atoms with Gasteiger partial charge in [0.2, 0.25) is 5.82 Å². The maximum Gasteiger partial charge on any atom is 0.204 e. The van der Waals surface area contributed by atoms with E-state index < -0.39 is 0 Å². The topological polar surface area (TPSA) is 66.5 Å². The Morgan fingerprint density at radius 3 is 2.57 bits per heavy atom. The second-order valence-corrected chi connectivity index (χ2v) is 8.13. The SMILES string of the molecule is CC(NC1CCC(c2ccc(-c3nn[nH]n3)cc2)C1)c1ccc(F)c2ccccc12. The molecule has 3 aromatic carbocycles. The highest BCUT2D eigenvalue weighted by atomic mass is 19.1. The molecule has 0 saturated heterocycles. The summed E-state index contributed by atoms with van der Waals surface area (Å²) in [5, 5.41) is 19.6. The first-order chi connectivity index (χ1) is 14.7. The minimum atomic E-state index is -0.160. The van der Waals surface area contributed by atoms with E-state index in [1.807, 2.05) is 30.3 Å². The summed E-state index contributed by atoms with van der Waals surface area (Å²) in [4.78, 5) is 0. The summed E-state index contributed by atoms with van der Waals surface area (Å²) in [5.74, 6) is 0.999. The Labute approximate surface area is 174 Å². The number of nitrogens with zero attached hydrogens (tertiary/aromatic N) is 3. The van der Waals surface area contributed by atoms with Crippen molar-refractivity contribution in [2.24, 2.45) is 0 Å². The zero-order chi connectivity index (χ0) is 20.5. The normalized spacial score (nSPS) is 19.9. The molecule has 3 atom stereocenters. The Morgan fingerprint density at radius 1 is 1.00 bits per heavy atom. The van der Waals surface area contributed by atoms with Crippen LogP contribution in [0.15, 0.2) is 60.7 Å². The summed E-state index contributed by atoms with van der Waals surface area (Å²) in [6, 6.07) is 20.3. The Bertz CT molecular complexity index is 1140. The number of H-pyrrole nitrogens is 1. The number of benzene rings is 3. The van der Waals surface area contributed by atoms with E-state index in [0.717, 1.165) is 35.8 Å². The average Bonchev–Trinajstić information content (AvgIpc) is 3.47. The third-order valence-electron chi connectivity index (χ3n) is 6.28. The van der Waals surface area contributed by atoms with Crippen molar-refractivity contribution in [1.29, 1.82) is 0 Å². The molecule has 2 N–H and O–H groups in total. The number of hydrogen-bond donors (Lipinski definition) is 2. The van der Waals surface area contributed by atoms with E-state index in [9.17, 15) is 4.39 Å². The summed E-state index contributed by atoms with van der Waals surface area (Å²) in [5.41, 5.74) is 3.48. The first-order valence-electron chi connectivity index (χ1n) is 10.5. The Hall–Kier alpha value is -3.12. The first-order valence-corrected chi connectivity index (χ1v) is 10.5. The largest absolute Gasteiger partial charge is 0.307 e. The minimum Gasteiger partial charge on any atom is -0.307 e. The summed E-state index contributed by atoms with van der Waals surface area (Å²) in [6.45, 7) is 2.17. The number of tetrazole rings is 1. The van der Waals surface area contributed by atoms with Crippen LogP contribution in [0, 0.1) is 5.82 Å². The molecule has 5 nitrogen and oxygen atoms in total. The molecule has 1 fully saturated rings. The molecule has 0 radical (unpaired) electrons. The number of rotatable bonds is 5. The zero-order valence-corrected chi connectivity index (χ0v) is 16.8. The van der Waals surface area contributed by atoms with Gasteiger partial charge >= 0.3 is 0 Å². The minimum absolute atomic E-state index is 0.160. The summed E-state index contributed by atoms with van der Waals surface area (Å²) in [7, 11) is 0. The van der Waals surface area contributed by atoms with E-state index in [1.165, 1.54) is 5.56 Å².